The molecule has 2 heterocycles. The van der Waals surface area contributed by atoms with Gasteiger partial charge in [-0.15, -0.1) is 0 Å². The predicted molar refractivity (Wildman–Crippen MR) is 66.5 cm³/mol. The zero-order chi connectivity index (χ0) is 13.7. The van der Waals surface area contributed by atoms with Crippen molar-refractivity contribution in [2.45, 2.75) is 5.09 Å². The van der Waals surface area contributed by atoms with E-state index in [1.165, 1.54) is 12.1 Å². The SMILES string of the molecule is O=Cc1ccc(S(=O)(=O)NCCN2CCOCC2)o1. The van der Waals surface area contributed by atoms with E-state index in [-0.39, 0.29) is 10.9 Å². The molecule has 7 nitrogen and oxygen atoms in total. The van der Waals surface area contributed by atoms with Crippen LogP contribution in [0.4, 0.5) is 0 Å². The number of hydrogen-bond donors (Lipinski definition) is 1. The highest BCUT2D eigenvalue weighted by Crippen LogP contribution is 2.11. The molecule has 2 rings (SSSR count). The summed E-state index contributed by atoms with van der Waals surface area (Å²) >= 11 is 0. The summed E-state index contributed by atoms with van der Waals surface area (Å²) in [6.45, 7) is 3.86. The Hall–Kier alpha value is -1.22. The van der Waals surface area contributed by atoms with E-state index in [1.54, 1.807) is 0 Å². The van der Waals surface area contributed by atoms with Gasteiger partial charge in [0.05, 0.1) is 13.2 Å². The molecule has 1 saturated heterocycles. The van der Waals surface area contributed by atoms with Gasteiger partial charge < -0.3 is 9.15 Å². The van der Waals surface area contributed by atoms with Crippen LogP contribution in [0.2, 0.25) is 0 Å². The first-order chi connectivity index (χ1) is 9.12. The van der Waals surface area contributed by atoms with Crippen LogP contribution in [0.3, 0.4) is 0 Å². The summed E-state index contributed by atoms with van der Waals surface area (Å²) < 4.78 is 36.2. The van der Waals surface area contributed by atoms with Gasteiger partial charge in [-0.1, -0.05) is 0 Å². The van der Waals surface area contributed by atoms with Crippen molar-refractivity contribution in [2.24, 2.45) is 0 Å². The molecule has 1 aromatic rings. The van der Waals surface area contributed by atoms with Crippen LogP contribution in [-0.4, -0.2) is 59.0 Å². The second-order valence-corrected chi connectivity index (χ2v) is 5.82. The monoisotopic (exact) mass is 288 g/mol. The summed E-state index contributed by atoms with van der Waals surface area (Å²) in [5.41, 5.74) is 0. The summed E-state index contributed by atoms with van der Waals surface area (Å²) in [6.07, 6.45) is 0.465. The minimum atomic E-state index is -3.68. The lowest BCUT2D eigenvalue weighted by Gasteiger charge is -2.26. The van der Waals surface area contributed by atoms with Crippen LogP contribution in [-0.2, 0) is 14.8 Å². The lowest BCUT2D eigenvalue weighted by Crippen LogP contribution is -2.41. The molecule has 0 bridgehead atoms. The number of furan rings is 1. The summed E-state index contributed by atoms with van der Waals surface area (Å²) in [6, 6.07) is 2.59. The lowest BCUT2D eigenvalue weighted by molar-refractivity contribution is 0.0390. The number of aldehydes is 1. The fourth-order valence-electron chi connectivity index (χ4n) is 1.78. The molecule has 0 atom stereocenters. The Bertz CT molecular complexity index is 519. The van der Waals surface area contributed by atoms with Crippen LogP contribution in [0.15, 0.2) is 21.6 Å². The van der Waals surface area contributed by atoms with Gasteiger partial charge >= 0.3 is 0 Å². The molecular formula is C11H16N2O5S. The molecule has 0 radical (unpaired) electrons. The number of rotatable bonds is 6. The van der Waals surface area contributed by atoms with Gasteiger partial charge in [0.15, 0.2) is 12.0 Å². The average Bonchev–Trinajstić information content (AvgIpc) is 2.89. The molecule has 8 heteroatoms. The third kappa shape index (κ3) is 3.87. The molecule has 0 aromatic carbocycles. The zero-order valence-corrected chi connectivity index (χ0v) is 11.2. The highest BCUT2D eigenvalue weighted by Gasteiger charge is 2.19. The van der Waals surface area contributed by atoms with E-state index in [2.05, 4.69) is 9.62 Å². The number of nitrogens with one attached hydrogen (secondary N) is 1. The van der Waals surface area contributed by atoms with Crippen LogP contribution in [0.25, 0.3) is 0 Å². The topological polar surface area (TPSA) is 88.9 Å². The molecular weight excluding hydrogens is 272 g/mol. The fraction of sp³-hybridized carbons (Fsp3) is 0.545. The van der Waals surface area contributed by atoms with Crippen molar-refractivity contribution >= 4 is 16.3 Å². The number of morpholine rings is 1. The summed E-state index contributed by atoms with van der Waals surface area (Å²) in [7, 11) is -3.68. The van der Waals surface area contributed by atoms with Crippen LogP contribution in [0, 0.1) is 0 Å². The predicted octanol–water partition coefficient (Wildman–Crippen LogP) is -0.297. The van der Waals surface area contributed by atoms with E-state index in [1.807, 2.05) is 0 Å². The van der Waals surface area contributed by atoms with Gasteiger partial charge in [-0.05, 0) is 12.1 Å². The second kappa shape index (κ2) is 6.29. The standard InChI is InChI=1S/C11H16N2O5S/c14-9-10-1-2-11(18-10)19(15,16)12-3-4-13-5-7-17-8-6-13/h1-2,9,12H,3-8H2. The molecule has 1 N–H and O–H groups in total. The van der Waals surface area contributed by atoms with Crippen LogP contribution >= 0.6 is 0 Å². The highest BCUT2D eigenvalue weighted by molar-refractivity contribution is 7.89. The Labute approximate surface area is 111 Å². The van der Waals surface area contributed by atoms with Gasteiger partial charge in [0.25, 0.3) is 10.0 Å². The third-order valence-electron chi connectivity index (χ3n) is 2.81. The summed E-state index contributed by atoms with van der Waals surface area (Å²) in [4.78, 5) is 12.6. The molecule has 19 heavy (non-hydrogen) atoms. The van der Waals surface area contributed by atoms with Crippen LogP contribution in [0.1, 0.15) is 10.6 Å². The van der Waals surface area contributed by atoms with E-state index in [4.69, 9.17) is 9.15 Å². The molecule has 106 valence electrons. The Kier molecular flexibility index (Phi) is 4.70. The van der Waals surface area contributed by atoms with Gasteiger partial charge in [-0.2, -0.15) is 0 Å². The number of carbonyl (C=O) groups excluding carboxylic acids is 1. The number of carbonyl (C=O) groups is 1. The number of sulfonamides is 1. The third-order valence-corrected chi connectivity index (χ3v) is 4.14. The average molecular weight is 288 g/mol. The minimum absolute atomic E-state index is 0.00597. The number of ether oxygens (including phenoxy) is 1. The normalized spacial score (nSPS) is 17.5. The van der Waals surface area contributed by atoms with E-state index in [9.17, 15) is 13.2 Å². The van der Waals surface area contributed by atoms with E-state index < -0.39 is 10.0 Å². The van der Waals surface area contributed by atoms with E-state index in [0.29, 0.717) is 32.6 Å². The summed E-state index contributed by atoms with van der Waals surface area (Å²) in [5, 5.41) is -0.239. The number of hydrogen-bond acceptors (Lipinski definition) is 6. The highest BCUT2D eigenvalue weighted by atomic mass is 32.2. The molecule has 1 aliphatic rings. The van der Waals surface area contributed by atoms with Crippen molar-refractivity contribution < 1.29 is 22.4 Å². The maximum atomic E-state index is 11.8. The van der Waals surface area contributed by atoms with Crippen molar-refractivity contribution in [3.63, 3.8) is 0 Å². The number of nitrogens with zero attached hydrogens (tertiary/aromatic N) is 1. The first-order valence-electron chi connectivity index (χ1n) is 5.96. The van der Waals surface area contributed by atoms with Gasteiger partial charge in [-0.3, -0.25) is 9.69 Å². The van der Waals surface area contributed by atoms with Crippen molar-refractivity contribution in [1.29, 1.82) is 0 Å². The van der Waals surface area contributed by atoms with Crippen molar-refractivity contribution in [3.8, 4) is 0 Å². The fourth-order valence-corrected chi connectivity index (χ4v) is 2.73. The molecule has 0 spiro atoms. The van der Waals surface area contributed by atoms with Gasteiger partial charge in [0, 0.05) is 26.2 Å². The van der Waals surface area contributed by atoms with Crippen molar-refractivity contribution in [1.82, 2.24) is 9.62 Å². The Morgan fingerprint density at radius 3 is 2.68 bits per heavy atom. The molecule has 1 fully saturated rings. The van der Waals surface area contributed by atoms with E-state index in [0.717, 1.165) is 13.1 Å². The lowest BCUT2D eigenvalue weighted by atomic mass is 10.4. The second-order valence-electron chi connectivity index (χ2n) is 4.13. The maximum absolute atomic E-state index is 11.8. The molecule has 1 aromatic heterocycles. The molecule has 0 saturated carbocycles. The Morgan fingerprint density at radius 2 is 2.05 bits per heavy atom. The molecule has 0 unspecified atom stereocenters. The van der Waals surface area contributed by atoms with Crippen LogP contribution < -0.4 is 4.72 Å². The van der Waals surface area contributed by atoms with Crippen molar-refractivity contribution in [2.75, 3.05) is 39.4 Å². The van der Waals surface area contributed by atoms with Gasteiger partial charge in [-0.25, -0.2) is 13.1 Å². The smallest absolute Gasteiger partial charge is 0.274 e. The van der Waals surface area contributed by atoms with Gasteiger partial charge in [0.1, 0.15) is 0 Å². The summed E-state index contributed by atoms with van der Waals surface area (Å²) in [5.74, 6) is -0.00597. The zero-order valence-electron chi connectivity index (χ0n) is 10.4. The first kappa shape index (κ1) is 14.2. The Balaban J connectivity index is 1.85. The van der Waals surface area contributed by atoms with Crippen molar-refractivity contribution in [3.05, 3.63) is 17.9 Å². The minimum Gasteiger partial charge on any atom is -0.440 e. The first-order valence-corrected chi connectivity index (χ1v) is 7.45. The van der Waals surface area contributed by atoms with Gasteiger partial charge in [0.2, 0.25) is 5.09 Å². The maximum Gasteiger partial charge on any atom is 0.274 e. The Morgan fingerprint density at radius 1 is 1.32 bits per heavy atom. The van der Waals surface area contributed by atoms with E-state index >= 15 is 0 Å². The quantitative estimate of drug-likeness (QED) is 0.723. The largest absolute Gasteiger partial charge is 0.440 e. The molecule has 0 amide bonds. The molecule has 1 aliphatic heterocycles. The molecule has 0 aliphatic carbocycles. The van der Waals surface area contributed by atoms with Crippen LogP contribution in [0.5, 0.6) is 0 Å².